The summed E-state index contributed by atoms with van der Waals surface area (Å²) in [5.74, 6) is 0.0322. The molecule has 0 spiro atoms. The van der Waals surface area contributed by atoms with Gasteiger partial charge in [-0.3, -0.25) is 4.79 Å². The average Bonchev–Trinajstić information content (AvgIpc) is 2.95. The fourth-order valence-electron chi connectivity index (χ4n) is 2.31. The zero-order chi connectivity index (χ0) is 13.9. The second-order valence-corrected chi connectivity index (χ2v) is 5.21. The topological polar surface area (TPSA) is 65.4 Å². The molecule has 0 unspecified atom stereocenters. The number of amides is 1. The van der Waals surface area contributed by atoms with Crippen molar-refractivity contribution in [1.29, 1.82) is 0 Å². The molecular formula is C13H21N3O3. The van der Waals surface area contributed by atoms with Crippen LogP contribution in [0.15, 0.2) is 12.4 Å². The minimum absolute atomic E-state index is 0.155. The zero-order valence-electron chi connectivity index (χ0n) is 11.7. The highest BCUT2D eigenvalue weighted by atomic mass is 16.7. The molecular weight excluding hydrogens is 246 g/mol. The van der Waals surface area contributed by atoms with E-state index >= 15 is 0 Å². The highest BCUT2D eigenvalue weighted by Gasteiger charge is 2.32. The van der Waals surface area contributed by atoms with Gasteiger partial charge in [-0.25, -0.2) is 4.98 Å². The first-order chi connectivity index (χ1) is 9.00. The van der Waals surface area contributed by atoms with Gasteiger partial charge in [-0.1, -0.05) is 6.92 Å². The lowest BCUT2D eigenvalue weighted by atomic mass is 10.0. The molecule has 106 valence electrons. The Hall–Kier alpha value is -1.40. The summed E-state index contributed by atoms with van der Waals surface area (Å²) in [6.07, 6.45) is 4.12. The molecule has 1 fully saturated rings. The number of imidazole rings is 1. The SMILES string of the molecule is C[C@H](CNC(=O)c1nccn1C)CC1(C)OCCO1. The Labute approximate surface area is 113 Å². The fourth-order valence-corrected chi connectivity index (χ4v) is 2.31. The van der Waals surface area contributed by atoms with Crippen LogP contribution in [0.5, 0.6) is 0 Å². The molecule has 0 saturated carbocycles. The van der Waals surface area contributed by atoms with Crippen LogP contribution in [-0.4, -0.2) is 41.0 Å². The molecule has 2 heterocycles. The third kappa shape index (κ3) is 3.54. The Morgan fingerprint density at radius 3 is 2.84 bits per heavy atom. The second kappa shape index (κ2) is 5.71. The first-order valence-electron chi connectivity index (χ1n) is 6.53. The van der Waals surface area contributed by atoms with Crippen LogP contribution in [0.2, 0.25) is 0 Å². The summed E-state index contributed by atoms with van der Waals surface area (Å²) in [6, 6.07) is 0. The van der Waals surface area contributed by atoms with E-state index in [1.54, 1.807) is 24.0 Å². The predicted octanol–water partition coefficient (Wildman–Crippen LogP) is 0.939. The lowest BCUT2D eigenvalue weighted by molar-refractivity contribution is -0.153. The van der Waals surface area contributed by atoms with E-state index in [4.69, 9.17) is 9.47 Å². The van der Waals surface area contributed by atoms with E-state index in [-0.39, 0.29) is 11.8 Å². The quantitative estimate of drug-likeness (QED) is 0.862. The number of carbonyl (C=O) groups is 1. The van der Waals surface area contributed by atoms with E-state index in [0.29, 0.717) is 25.6 Å². The number of nitrogens with zero attached hydrogens (tertiary/aromatic N) is 2. The molecule has 6 nitrogen and oxygen atoms in total. The van der Waals surface area contributed by atoms with Gasteiger partial charge in [0.15, 0.2) is 11.6 Å². The number of rotatable bonds is 5. The maximum Gasteiger partial charge on any atom is 0.287 e. The largest absolute Gasteiger partial charge is 0.349 e. The van der Waals surface area contributed by atoms with E-state index in [1.807, 2.05) is 6.92 Å². The van der Waals surface area contributed by atoms with Crippen molar-refractivity contribution in [1.82, 2.24) is 14.9 Å². The summed E-state index contributed by atoms with van der Waals surface area (Å²) < 4.78 is 12.8. The molecule has 1 aliphatic rings. The van der Waals surface area contributed by atoms with Crippen LogP contribution in [0.4, 0.5) is 0 Å². The molecule has 6 heteroatoms. The molecule has 1 amide bonds. The smallest absolute Gasteiger partial charge is 0.287 e. The minimum atomic E-state index is -0.507. The van der Waals surface area contributed by atoms with Gasteiger partial charge in [0.1, 0.15) is 0 Å². The number of nitrogens with one attached hydrogen (secondary N) is 1. The van der Waals surface area contributed by atoms with Crippen molar-refractivity contribution >= 4 is 5.91 Å². The van der Waals surface area contributed by atoms with Gasteiger partial charge in [0.25, 0.3) is 5.91 Å². The normalized spacial score (nSPS) is 19.3. The van der Waals surface area contributed by atoms with Gasteiger partial charge in [0.05, 0.1) is 13.2 Å². The number of hydrogen-bond donors (Lipinski definition) is 1. The Kier molecular flexibility index (Phi) is 4.21. The van der Waals surface area contributed by atoms with Crippen LogP contribution < -0.4 is 5.32 Å². The number of aromatic nitrogens is 2. The van der Waals surface area contributed by atoms with Gasteiger partial charge in [0, 0.05) is 32.4 Å². The summed E-state index contributed by atoms with van der Waals surface area (Å²) >= 11 is 0. The standard InChI is InChI=1S/C13H21N3O3/c1-10(8-13(2)18-6-7-19-13)9-15-12(17)11-14-4-5-16(11)3/h4-5,10H,6-9H2,1-3H3,(H,15,17)/t10-/m0/s1. The van der Waals surface area contributed by atoms with Crippen molar-refractivity contribution in [2.45, 2.75) is 26.1 Å². The van der Waals surface area contributed by atoms with Crippen molar-refractivity contribution in [3.63, 3.8) is 0 Å². The summed E-state index contributed by atoms with van der Waals surface area (Å²) in [4.78, 5) is 15.9. The zero-order valence-corrected chi connectivity index (χ0v) is 11.7. The molecule has 1 aromatic heterocycles. The van der Waals surface area contributed by atoms with Crippen LogP contribution in [0, 0.1) is 5.92 Å². The van der Waals surface area contributed by atoms with Crippen molar-refractivity contribution in [3.05, 3.63) is 18.2 Å². The van der Waals surface area contributed by atoms with Crippen LogP contribution in [-0.2, 0) is 16.5 Å². The Bertz CT molecular complexity index is 438. The lowest BCUT2D eigenvalue weighted by Gasteiger charge is -2.25. The second-order valence-electron chi connectivity index (χ2n) is 5.21. The van der Waals surface area contributed by atoms with Gasteiger partial charge >= 0.3 is 0 Å². The van der Waals surface area contributed by atoms with Crippen molar-refractivity contribution in [2.75, 3.05) is 19.8 Å². The van der Waals surface area contributed by atoms with Crippen LogP contribution in [0.25, 0.3) is 0 Å². The minimum Gasteiger partial charge on any atom is -0.349 e. The van der Waals surface area contributed by atoms with Gasteiger partial charge in [-0.05, 0) is 12.8 Å². The van der Waals surface area contributed by atoms with E-state index in [0.717, 1.165) is 6.42 Å². The van der Waals surface area contributed by atoms with Crippen LogP contribution >= 0.6 is 0 Å². The molecule has 1 aliphatic heterocycles. The lowest BCUT2D eigenvalue weighted by Crippen LogP contribution is -2.35. The van der Waals surface area contributed by atoms with Crippen molar-refractivity contribution < 1.29 is 14.3 Å². The number of carbonyl (C=O) groups excluding carboxylic acids is 1. The first kappa shape index (κ1) is 14.0. The average molecular weight is 267 g/mol. The summed E-state index contributed by atoms with van der Waals surface area (Å²) in [5.41, 5.74) is 0. The van der Waals surface area contributed by atoms with Crippen LogP contribution in [0.1, 0.15) is 30.9 Å². The molecule has 1 saturated heterocycles. The van der Waals surface area contributed by atoms with Gasteiger partial charge in [0.2, 0.25) is 0 Å². The van der Waals surface area contributed by atoms with Gasteiger partial charge in [-0.15, -0.1) is 0 Å². The highest BCUT2D eigenvalue weighted by molar-refractivity contribution is 5.90. The summed E-state index contributed by atoms with van der Waals surface area (Å²) in [5, 5.41) is 2.88. The molecule has 19 heavy (non-hydrogen) atoms. The molecule has 0 radical (unpaired) electrons. The first-order valence-corrected chi connectivity index (χ1v) is 6.53. The maximum absolute atomic E-state index is 11.9. The molecule has 1 atom stereocenters. The molecule has 1 N–H and O–H groups in total. The number of hydrogen-bond acceptors (Lipinski definition) is 4. The predicted molar refractivity (Wildman–Crippen MR) is 69.6 cm³/mol. The van der Waals surface area contributed by atoms with E-state index in [2.05, 4.69) is 17.2 Å². The summed E-state index contributed by atoms with van der Waals surface area (Å²) in [6.45, 7) is 5.87. The van der Waals surface area contributed by atoms with Crippen LogP contribution in [0.3, 0.4) is 0 Å². The molecule has 0 aliphatic carbocycles. The van der Waals surface area contributed by atoms with E-state index in [9.17, 15) is 4.79 Å². The Balaban J connectivity index is 1.79. The molecule has 1 aromatic rings. The molecule has 2 rings (SSSR count). The Morgan fingerprint density at radius 2 is 2.26 bits per heavy atom. The highest BCUT2D eigenvalue weighted by Crippen LogP contribution is 2.26. The summed E-state index contributed by atoms with van der Waals surface area (Å²) in [7, 11) is 1.80. The monoisotopic (exact) mass is 267 g/mol. The molecule has 0 bridgehead atoms. The van der Waals surface area contributed by atoms with E-state index < -0.39 is 5.79 Å². The van der Waals surface area contributed by atoms with E-state index in [1.165, 1.54) is 0 Å². The fraction of sp³-hybridized carbons (Fsp3) is 0.692. The Morgan fingerprint density at radius 1 is 1.58 bits per heavy atom. The maximum atomic E-state index is 11.9. The molecule has 0 aromatic carbocycles. The van der Waals surface area contributed by atoms with Gasteiger partial charge in [-0.2, -0.15) is 0 Å². The third-order valence-electron chi connectivity index (χ3n) is 3.25. The number of aryl methyl sites for hydroxylation is 1. The number of ether oxygens (including phenoxy) is 2. The third-order valence-corrected chi connectivity index (χ3v) is 3.25. The van der Waals surface area contributed by atoms with Crippen molar-refractivity contribution in [2.24, 2.45) is 13.0 Å². The van der Waals surface area contributed by atoms with Gasteiger partial charge < -0.3 is 19.4 Å². The van der Waals surface area contributed by atoms with Crippen molar-refractivity contribution in [3.8, 4) is 0 Å².